The Morgan fingerprint density at radius 3 is 2.71 bits per heavy atom. The SMILES string of the molecule is Cl.O=C(NCC1CCCCC1)c1ccc(CSc2c(Cl)ccc3c2CCNCC3)nc1. The van der Waals surface area contributed by atoms with Gasteiger partial charge in [0.2, 0.25) is 0 Å². The molecule has 168 valence electrons. The maximum atomic E-state index is 12.4. The van der Waals surface area contributed by atoms with Crippen molar-refractivity contribution in [1.29, 1.82) is 0 Å². The van der Waals surface area contributed by atoms with Crippen LogP contribution in [0.2, 0.25) is 5.02 Å². The molecular formula is C24H31Cl2N3OS. The zero-order chi connectivity index (χ0) is 20.8. The van der Waals surface area contributed by atoms with Gasteiger partial charge < -0.3 is 10.6 Å². The molecule has 1 amide bonds. The Hall–Kier alpha value is -1.27. The standard InChI is InChI=1S/C24H30ClN3OS.ClH/c25-22-9-7-18-10-12-26-13-11-21(18)23(22)30-16-20-8-6-19(15-27-20)24(29)28-14-17-4-2-1-3-5-17;/h6-9,15,17,26H,1-5,10-14,16H2,(H,28,29);1H. The van der Waals surface area contributed by atoms with E-state index in [4.69, 9.17) is 11.6 Å². The van der Waals surface area contributed by atoms with Gasteiger partial charge in [-0.05, 0) is 74.0 Å². The Bertz CT molecular complexity index is 870. The van der Waals surface area contributed by atoms with Crippen LogP contribution in [0.1, 0.15) is 59.3 Å². The molecule has 0 unspecified atom stereocenters. The second kappa shape index (κ2) is 12.1. The quantitative estimate of drug-likeness (QED) is 0.540. The van der Waals surface area contributed by atoms with Gasteiger partial charge in [0.15, 0.2) is 0 Å². The smallest absolute Gasteiger partial charge is 0.252 e. The zero-order valence-corrected chi connectivity index (χ0v) is 20.2. The number of hydrogen-bond acceptors (Lipinski definition) is 4. The minimum absolute atomic E-state index is 0. The topological polar surface area (TPSA) is 54.0 Å². The molecule has 1 aliphatic carbocycles. The van der Waals surface area contributed by atoms with E-state index in [9.17, 15) is 4.79 Å². The lowest BCUT2D eigenvalue weighted by Gasteiger charge is -2.21. The molecule has 31 heavy (non-hydrogen) atoms. The Labute approximate surface area is 200 Å². The van der Waals surface area contributed by atoms with Crippen molar-refractivity contribution in [2.24, 2.45) is 5.92 Å². The molecule has 7 heteroatoms. The molecule has 0 atom stereocenters. The third-order valence-corrected chi connectivity index (χ3v) is 7.78. The Morgan fingerprint density at radius 2 is 1.94 bits per heavy atom. The van der Waals surface area contributed by atoms with Crippen LogP contribution in [-0.2, 0) is 18.6 Å². The van der Waals surface area contributed by atoms with E-state index in [-0.39, 0.29) is 18.3 Å². The third kappa shape index (κ3) is 6.61. The Morgan fingerprint density at radius 1 is 1.13 bits per heavy atom. The molecule has 1 aliphatic heterocycles. The normalized spacial score (nSPS) is 16.7. The third-order valence-electron chi connectivity index (χ3n) is 6.16. The van der Waals surface area contributed by atoms with E-state index in [0.29, 0.717) is 11.5 Å². The summed E-state index contributed by atoms with van der Waals surface area (Å²) in [5.41, 5.74) is 4.36. The zero-order valence-electron chi connectivity index (χ0n) is 17.8. The van der Waals surface area contributed by atoms with Crippen molar-refractivity contribution in [3.8, 4) is 0 Å². The fourth-order valence-corrected chi connectivity index (χ4v) is 5.80. The highest BCUT2D eigenvalue weighted by atomic mass is 35.5. The molecule has 2 aromatic rings. The lowest BCUT2D eigenvalue weighted by Crippen LogP contribution is -2.30. The molecule has 2 heterocycles. The van der Waals surface area contributed by atoms with Gasteiger partial charge in [-0.2, -0.15) is 0 Å². The number of amides is 1. The lowest BCUT2D eigenvalue weighted by molar-refractivity contribution is 0.0943. The van der Waals surface area contributed by atoms with Gasteiger partial charge in [0.1, 0.15) is 0 Å². The summed E-state index contributed by atoms with van der Waals surface area (Å²) >= 11 is 8.28. The maximum absolute atomic E-state index is 12.4. The monoisotopic (exact) mass is 479 g/mol. The van der Waals surface area contributed by atoms with Crippen molar-refractivity contribution in [2.75, 3.05) is 19.6 Å². The molecule has 1 saturated carbocycles. The largest absolute Gasteiger partial charge is 0.352 e. The molecule has 1 aromatic heterocycles. The summed E-state index contributed by atoms with van der Waals surface area (Å²) in [5, 5.41) is 7.36. The number of carbonyl (C=O) groups is 1. The van der Waals surface area contributed by atoms with Crippen molar-refractivity contribution in [3.05, 3.63) is 57.9 Å². The average Bonchev–Trinajstić information content (AvgIpc) is 3.03. The van der Waals surface area contributed by atoms with E-state index in [1.54, 1.807) is 18.0 Å². The second-order valence-corrected chi connectivity index (χ2v) is 9.70. The van der Waals surface area contributed by atoms with Crippen molar-refractivity contribution in [2.45, 2.75) is 55.6 Å². The van der Waals surface area contributed by atoms with Gasteiger partial charge in [-0.25, -0.2) is 0 Å². The summed E-state index contributed by atoms with van der Waals surface area (Å²) in [6.45, 7) is 2.79. The van der Waals surface area contributed by atoms with Crippen molar-refractivity contribution >= 4 is 41.7 Å². The molecule has 0 saturated heterocycles. The first kappa shape index (κ1) is 24.4. The first-order chi connectivity index (χ1) is 14.7. The van der Waals surface area contributed by atoms with Crippen molar-refractivity contribution in [1.82, 2.24) is 15.6 Å². The number of fused-ring (bicyclic) bond motifs is 1. The summed E-state index contributed by atoms with van der Waals surface area (Å²) in [6, 6.07) is 8.02. The summed E-state index contributed by atoms with van der Waals surface area (Å²) in [4.78, 5) is 18.1. The number of benzene rings is 1. The van der Waals surface area contributed by atoms with Crippen LogP contribution < -0.4 is 10.6 Å². The molecule has 0 bridgehead atoms. The fraction of sp³-hybridized carbons (Fsp3) is 0.500. The first-order valence-corrected chi connectivity index (χ1v) is 12.4. The van der Waals surface area contributed by atoms with Crippen LogP contribution in [0.3, 0.4) is 0 Å². The van der Waals surface area contributed by atoms with Crippen LogP contribution in [0.5, 0.6) is 0 Å². The van der Waals surface area contributed by atoms with E-state index < -0.39 is 0 Å². The number of nitrogens with zero attached hydrogens (tertiary/aromatic N) is 1. The van der Waals surface area contributed by atoms with Gasteiger partial charge >= 0.3 is 0 Å². The minimum atomic E-state index is -0.0174. The van der Waals surface area contributed by atoms with E-state index >= 15 is 0 Å². The second-order valence-electron chi connectivity index (χ2n) is 8.31. The van der Waals surface area contributed by atoms with Crippen LogP contribution in [0.25, 0.3) is 0 Å². The van der Waals surface area contributed by atoms with Gasteiger partial charge in [-0.1, -0.05) is 36.9 Å². The molecule has 0 spiro atoms. The molecule has 4 nitrogen and oxygen atoms in total. The van der Waals surface area contributed by atoms with Crippen molar-refractivity contribution in [3.63, 3.8) is 0 Å². The molecule has 0 radical (unpaired) electrons. The molecule has 2 N–H and O–H groups in total. The van der Waals surface area contributed by atoms with Gasteiger partial charge in [-0.3, -0.25) is 9.78 Å². The van der Waals surface area contributed by atoms with Gasteiger partial charge in [0.05, 0.1) is 16.3 Å². The Kier molecular flexibility index (Phi) is 9.51. The highest BCUT2D eigenvalue weighted by Crippen LogP contribution is 2.35. The number of pyridine rings is 1. The number of halogens is 2. The van der Waals surface area contributed by atoms with E-state index in [2.05, 4.69) is 21.7 Å². The summed E-state index contributed by atoms with van der Waals surface area (Å²) in [6.07, 6.45) is 10.1. The molecule has 1 aromatic carbocycles. The Balaban J connectivity index is 0.00000272. The van der Waals surface area contributed by atoms with E-state index in [1.807, 2.05) is 18.2 Å². The predicted molar refractivity (Wildman–Crippen MR) is 132 cm³/mol. The number of carbonyl (C=O) groups excluding carboxylic acids is 1. The number of aromatic nitrogens is 1. The number of hydrogen-bond donors (Lipinski definition) is 2. The van der Waals surface area contributed by atoms with Crippen LogP contribution in [0, 0.1) is 5.92 Å². The summed E-state index contributed by atoms with van der Waals surface area (Å²) < 4.78 is 0. The average molecular weight is 481 g/mol. The van der Waals surface area contributed by atoms with Crippen LogP contribution in [0.4, 0.5) is 0 Å². The molecule has 2 aliphatic rings. The van der Waals surface area contributed by atoms with Crippen LogP contribution in [-0.4, -0.2) is 30.5 Å². The van der Waals surface area contributed by atoms with Gasteiger partial charge in [0.25, 0.3) is 5.91 Å². The highest BCUT2D eigenvalue weighted by molar-refractivity contribution is 7.98. The first-order valence-electron chi connectivity index (χ1n) is 11.1. The van der Waals surface area contributed by atoms with Crippen LogP contribution in [0.15, 0.2) is 35.4 Å². The predicted octanol–water partition coefficient (Wildman–Crippen LogP) is 5.45. The minimum Gasteiger partial charge on any atom is -0.352 e. The van der Waals surface area contributed by atoms with Gasteiger partial charge in [0, 0.05) is 23.4 Å². The van der Waals surface area contributed by atoms with E-state index in [0.717, 1.165) is 48.9 Å². The number of nitrogens with one attached hydrogen (secondary N) is 2. The van der Waals surface area contributed by atoms with Gasteiger partial charge in [-0.15, -0.1) is 24.2 Å². The number of rotatable bonds is 6. The van der Waals surface area contributed by atoms with Crippen LogP contribution >= 0.6 is 35.8 Å². The fourth-order valence-electron chi connectivity index (χ4n) is 4.39. The number of thioether (sulfide) groups is 1. The summed E-state index contributed by atoms with van der Waals surface area (Å²) in [5.74, 6) is 1.36. The lowest BCUT2D eigenvalue weighted by atomic mass is 9.89. The van der Waals surface area contributed by atoms with E-state index in [1.165, 1.54) is 48.1 Å². The molecule has 1 fully saturated rings. The maximum Gasteiger partial charge on any atom is 0.252 e. The summed E-state index contributed by atoms with van der Waals surface area (Å²) in [7, 11) is 0. The highest BCUT2D eigenvalue weighted by Gasteiger charge is 2.17. The van der Waals surface area contributed by atoms with Crippen molar-refractivity contribution < 1.29 is 4.79 Å². The molecular weight excluding hydrogens is 449 g/mol. The molecule has 4 rings (SSSR count).